The maximum Gasteiger partial charge on any atom is 0.218 e. The first-order valence-electron chi connectivity index (χ1n) is 14.9. The SMILES string of the molecule is COCCN(CCCOc1ccc(C2c3[nH]c4ccc(Br)cc4c3Cc3c(O)n(-c4ccc(Cl)cc4)c(=S)n32)cc1)CCOC. The van der Waals surface area contributed by atoms with E-state index in [1.54, 1.807) is 30.9 Å². The van der Waals surface area contributed by atoms with Gasteiger partial charge in [0.05, 0.1) is 31.2 Å². The van der Waals surface area contributed by atoms with Gasteiger partial charge in [-0.1, -0.05) is 39.7 Å². The Kier molecular flexibility index (Phi) is 9.99. The maximum absolute atomic E-state index is 11.6. The summed E-state index contributed by atoms with van der Waals surface area (Å²) in [6, 6.07) is 21.5. The summed E-state index contributed by atoms with van der Waals surface area (Å²) in [5.41, 5.74) is 5.79. The summed E-state index contributed by atoms with van der Waals surface area (Å²) in [6.07, 6.45) is 1.42. The predicted octanol–water partition coefficient (Wildman–Crippen LogP) is 7.52. The van der Waals surface area contributed by atoms with E-state index >= 15 is 0 Å². The highest BCUT2D eigenvalue weighted by Crippen LogP contribution is 2.44. The molecule has 1 atom stereocenters. The minimum absolute atomic E-state index is 0.132. The Morgan fingerprint density at radius 3 is 2.38 bits per heavy atom. The summed E-state index contributed by atoms with van der Waals surface area (Å²) < 4.78 is 21.9. The van der Waals surface area contributed by atoms with Gasteiger partial charge in [0.15, 0.2) is 4.77 Å². The van der Waals surface area contributed by atoms with Crippen molar-refractivity contribution in [3.63, 3.8) is 0 Å². The number of aromatic amines is 1. The molecule has 0 radical (unpaired) electrons. The molecule has 0 saturated heterocycles. The Morgan fingerprint density at radius 2 is 1.69 bits per heavy atom. The smallest absolute Gasteiger partial charge is 0.218 e. The number of methoxy groups -OCH3 is 2. The van der Waals surface area contributed by atoms with E-state index in [9.17, 15) is 5.11 Å². The predicted molar refractivity (Wildman–Crippen MR) is 184 cm³/mol. The van der Waals surface area contributed by atoms with Gasteiger partial charge in [0, 0.05) is 66.4 Å². The Labute approximate surface area is 281 Å². The lowest BCUT2D eigenvalue weighted by Crippen LogP contribution is -2.32. The molecular weight excluding hydrogens is 676 g/mol. The lowest BCUT2D eigenvalue weighted by molar-refractivity contribution is 0.110. The molecule has 5 aromatic rings. The number of hydrogen-bond acceptors (Lipinski definition) is 6. The Morgan fingerprint density at radius 1 is 0.978 bits per heavy atom. The van der Waals surface area contributed by atoms with E-state index in [-0.39, 0.29) is 11.9 Å². The van der Waals surface area contributed by atoms with Gasteiger partial charge in [0.2, 0.25) is 5.88 Å². The van der Waals surface area contributed by atoms with Gasteiger partial charge in [-0.15, -0.1) is 0 Å². The third-order valence-corrected chi connectivity index (χ3v) is 9.45. The molecule has 3 aromatic carbocycles. The zero-order chi connectivity index (χ0) is 31.5. The molecule has 0 bridgehead atoms. The molecule has 0 fully saturated rings. The number of ether oxygens (including phenoxy) is 3. The van der Waals surface area contributed by atoms with E-state index < -0.39 is 0 Å². The van der Waals surface area contributed by atoms with Crippen LogP contribution < -0.4 is 4.74 Å². The average Bonchev–Trinajstić information content (AvgIpc) is 3.53. The summed E-state index contributed by atoms with van der Waals surface area (Å²) >= 11 is 15.9. The number of nitrogens with zero attached hydrogens (tertiary/aromatic N) is 3. The molecule has 0 spiro atoms. The fourth-order valence-electron chi connectivity index (χ4n) is 6.08. The van der Waals surface area contributed by atoms with Gasteiger partial charge in [0.1, 0.15) is 11.8 Å². The number of halogens is 2. The van der Waals surface area contributed by atoms with Crippen LogP contribution in [0.4, 0.5) is 0 Å². The quantitative estimate of drug-likeness (QED) is 0.0954. The molecular formula is C34H36BrClN4O4S. The van der Waals surface area contributed by atoms with Gasteiger partial charge in [-0.25, -0.2) is 0 Å². The van der Waals surface area contributed by atoms with Gasteiger partial charge in [-0.2, -0.15) is 0 Å². The largest absolute Gasteiger partial charge is 0.494 e. The normalized spacial score (nSPS) is 14.2. The van der Waals surface area contributed by atoms with Crippen LogP contribution in [0.3, 0.4) is 0 Å². The molecule has 2 N–H and O–H groups in total. The van der Waals surface area contributed by atoms with Crippen molar-refractivity contribution in [2.45, 2.75) is 18.9 Å². The molecule has 8 nitrogen and oxygen atoms in total. The third kappa shape index (κ3) is 6.58. The van der Waals surface area contributed by atoms with Crippen molar-refractivity contribution in [1.29, 1.82) is 0 Å². The van der Waals surface area contributed by atoms with E-state index in [1.165, 1.54) is 0 Å². The highest BCUT2D eigenvalue weighted by molar-refractivity contribution is 9.10. The topological polar surface area (TPSA) is 76.8 Å². The molecule has 45 heavy (non-hydrogen) atoms. The van der Waals surface area contributed by atoms with Crippen LogP contribution in [0.5, 0.6) is 11.6 Å². The van der Waals surface area contributed by atoms with Gasteiger partial charge in [-0.05, 0) is 84.4 Å². The lowest BCUT2D eigenvalue weighted by Gasteiger charge is -2.27. The molecule has 1 aliphatic heterocycles. The maximum atomic E-state index is 11.6. The van der Waals surface area contributed by atoms with E-state index in [0.29, 0.717) is 36.0 Å². The molecule has 0 amide bonds. The van der Waals surface area contributed by atoms with E-state index in [2.05, 4.69) is 54.6 Å². The second-order valence-electron chi connectivity index (χ2n) is 11.1. The van der Waals surface area contributed by atoms with Crippen LogP contribution in [0.25, 0.3) is 16.6 Å². The highest BCUT2D eigenvalue weighted by Gasteiger charge is 2.34. The van der Waals surface area contributed by atoms with Crippen molar-refractivity contribution < 1.29 is 19.3 Å². The second-order valence-corrected chi connectivity index (χ2v) is 12.8. The first kappa shape index (κ1) is 31.8. The number of aromatic nitrogens is 3. The Bertz CT molecular complexity index is 1830. The molecule has 236 valence electrons. The summed E-state index contributed by atoms with van der Waals surface area (Å²) in [4.78, 5) is 6.01. The fourth-order valence-corrected chi connectivity index (χ4v) is 6.98. The number of benzene rings is 3. The van der Waals surface area contributed by atoms with E-state index in [0.717, 1.165) is 75.4 Å². The van der Waals surface area contributed by atoms with Crippen molar-refractivity contribution in [3.05, 3.63) is 104 Å². The Balaban J connectivity index is 1.30. The zero-order valence-corrected chi connectivity index (χ0v) is 28.4. The van der Waals surface area contributed by atoms with Crippen LogP contribution in [0.15, 0.2) is 71.2 Å². The first-order chi connectivity index (χ1) is 21.9. The van der Waals surface area contributed by atoms with Gasteiger partial charge >= 0.3 is 0 Å². The second kappa shape index (κ2) is 14.1. The van der Waals surface area contributed by atoms with Gasteiger partial charge < -0.3 is 28.9 Å². The molecule has 3 heterocycles. The van der Waals surface area contributed by atoms with Crippen molar-refractivity contribution in [2.24, 2.45) is 0 Å². The Hall–Kier alpha value is -3.12. The van der Waals surface area contributed by atoms with Crippen molar-refractivity contribution in [3.8, 4) is 17.3 Å². The standard InChI is InChI=1S/C34H36BrClN4O4S/c1-42-18-15-38(16-19-43-2)14-3-17-44-26-11-4-22(5-12-26)32-31-28(27-20-23(35)6-13-29(27)37-31)21-30-33(41)39(34(45)40(30)32)25-9-7-24(36)8-10-25/h4-13,20,32,37,41H,3,14-19,21H2,1-2H3. The number of rotatable bonds is 13. The van der Waals surface area contributed by atoms with Crippen LogP contribution in [-0.4, -0.2) is 77.8 Å². The lowest BCUT2D eigenvalue weighted by atomic mass is 9.93. The molecule has 1 unspecified atom stereocenters. The van der Waals surface area contributed by atoms with Crippen LogP contribution in [-0.2, 0) is 15.9 Å². The average molecular weight is 712 g/mol. The van der Waals surface area contributed by atoms with Crippen molar-refractivity contribution >= 4 is 50.7 Å². The molecule has 1 aliphatic rings. The van der Waals surface area contributed by atoms with Crippen LogP contribution in [0, 0.1) is 4.77 Å². The molecule has 0 aliphatic carbocycles. The third-order valence-electron chi connectivity index (χ3n) is 8.33. The number of H-pyrrole nitrogens is 1. The zero-order valence-electron chi connectivity index (χ0n) is 25.3. The molecule has 0 saturated carbocycles. The van der Waals surface area contributed by atoms with Crippen LogP contribution in [0.2, 0.25) is 5.02 Å². The number of hydrogen-bond donors (Lipinski definition) is 2. The van der Waals surface area contributed by atoms with Crippen LogP contribution in [0.1, 0.15) is 35.0 Å². The molecule has 6 rings (SSSR count). The summed E-state index contributed by atoms with van der Waals surface area (Å²) in [5, 5.41) is 13.4. The fraction of sp³-hybridized carbons (Fsp3) is 0.324. The molecule has 2 aromatic heterocycles. The monoisotopic (exact) mass is 710 g/mol. The van der Waals surface area contributed by atoms with Crippen molar-refractivity contribution in [1.82, 2.24) is 19.0 Å². The first-order valence-corrected chi connectivity index (χ1v) is 16.5. The summed E-state index contributed by atoms with van der Waals surface area (Å²) in [5.74, 6) is 0.938. The number of nitrogens with one attached hydrogen (secondary N) is 1. The number of imidazole rings is 1. The highest BCUT2D eigenvalue weighted by atomic mass is 79.9. The van der Waals surface area contributed by atoms with Gasteiger partial charge in [0.25, 0.3) is 0 Å². The van der Waals surface area contributed by atoms with Crippen molar-refractivity contribution in [2.75, 3.05) is 53.7 Å². The molecule has 11 heteroatoms. The van der Waals surface area contributed by atoms with Crippen LogP contribution >= 0.6 is 39.7 Å². The number of fused-ring (bicyclic) bond motifs is 4. The minimum Gasteiger partial charge on any atom is -0.494 e. The summed E-state index contributed by atoms with van der Waals surface area (Å²) in [6.45, 7) is 4.61. The number of aromatic hydroxyl groups is 1. The summed E-state index contributed by atoms with van der Waals surface area (Å²) in [7, 11) is 3.44. The van der Waals surface area contributed by atoms with E-state index in [4.69, 9.17) is 38.0 Å². The minimum atomic E-state index is -0.272. The van der Waals surface area contributed by atoms with E-state index in [1.807, 2.05) is 30.3 Å². The van der Waals surface area contributed by atoms with Gasteiger partial charge in [-0.3, -0.25) is 9.47 Å².